The van der Waals surface area contributed by atoms with Crippen molar-refractivity contribution in [3.63, 3.8) is 0 Å². The highest BCUT2D eigenvalue weighted by atomic mass is 79.9. The van der Waals surface area contributed by atoms with Gasteiger partial charge in [-0.15, -0.1) is 11.3 Å². The second-order valence-corrected chi connectivity index (χ2v) is 6.01. The van der Waals surface area contributed by atoms with Gasteiger partial charge in [0, 0.05) is 21.2 Å². The Hall–Kier alpha value is -0.580. The zero-order valence-electron chi connectivity index (χ0n) is 8.63. The van der Waals surface area contributed by atoms with Crippen LogP contribution in [0.1, 0.15) is 10.4 Å². The molecule has 0 aliphatic carbocycles. The van der Waals surface area contributed by atoms with Crippen LogP contribution in [0.3, 0.4) is 0 Å². The Morgan fingerprint density at radius 3 is 3.00 bits per heavy atom. The number of nitrogens with one attached hydrogen (secondary N) is 1. The molecule has 0 aliphatic rings. The van der Waals surface area contributed by atoms with Gasteiger partial charge in [-0.1, -0.05) is 33.6 Å². The van der Waals surface area contributed by atoms with Crippen molar-refractivity contribution >= 4 is 44.6 Å². The molecule has 1 aromatic carbocycles. The molecule has 1 N–H and O–H groups in total. The fraction of sp³-hybridized carbons (Fsp3) is 0.182. The Morgan fingerprint density at radius 1 is 1.50 bits per heavy atom. The standard InChI is InChI=1S/C11H10BrClN2S/c1-7-2-3-8(12)4-10(7)14-5-9-6-15-11(13)16-9/h2-4,6,14H,5H2,1H3. The first-order valence-electron chi connectivity index (χ1n) is 4.75. The third kappa shape index (κ3) is 2.97. The van der Waals surface area contributed by atoms with E-state index >= 15 is 0 Å². The third-order valence-corrected chi connectivity index (χ3v) is 3.79. The normalized spacial score (nSPS) is 10.4. The van der Waals surface area contributed by atoms with Crippen LogP contribution in [0.15, 0.2) is 28.9 Å². The van der Waals surface area contributed by atoms with Crippen LogP contribution in [0, 0.1) is 6.92 Å². The lowest BCUT2D eigenvalue weighted by atomic mass is 10.2. The van der Waals surface area contributed by atoms with Gasteiger partial charge in [0.1, 0.15) is 0 Å². The molecule has 84 valence electrons. The van der Waals surface area contributed by atoms with Crippen molar-refractivity contribution in [2.45, 2.75) is 13.5 Å². The minimum Gasteiger partial charge on any atom is -0.380 e. The maximum atomic E-state index is 5.77. The van der Waals surface area contributed by atoms with Gasteiger partial charge in [-0.2, -0.15) is 0 Å². The molecule has 0 atom stereocenters. The predicted octanol–water partition coefficient (Wildman–Crippen LogP) is 4.48. The lowest BCUT2D eigenvalue weighted by Crippen LogP contribution is -1.99. The molecule has 1 aromatic heterocycles. The summed E-state index contributed by atoms with van der Waals surface area (Å²) in [6.07, 6.45) is 1.80. The van der Waals surface area contributed by atoms with Crippen LogP contribution in [0.2, 0.25) is 4.47 Å². The number of aromatic nitrogens is 1. The maximum absolute atomic E-state index is 5.77. The van der Waals surface area contributed by atoms with Gasteiger partial charge in [0.05, 0.1) is 6.54 Å². The van der Waals surface area contributed by atoms with Crippen LogP contribution < -0.4 is 5.32 Å². The zero-order chi connectivity index (χ0) is 11.5. The van der Waals surface area contributed by atoms with Crippen LogP contribution in [0.5, 0.6) is 0 Å². The highest BCUT2D eigenvalue weighted by Gasteiger charge is 2.02. The van der Waals surface area contributed by atoms with Crippen molar-refractivity contribution in [1.29, 1.82) is 0 Å². The van der Waals surface area contributed by atoms with Crippen molar-refractivity contribution in [3.8, 4) is 0 Å². The van der Waals surface area contributed by atoms with Gasteiger partial charge in [0.25, 0.3) is 0 Å². The van der Waals surface area contributed by atoms with Gasteiger partial charge in [0.15, 0.2) is 4.47 Å². The molecule has 5 heteroatoms. The van der Waals surface area contributed by atoms with Crippen molar-refractivity contribution in [2.24, 2.45) is 0 Å². The lowest BCUT2D eigenvalue weighted by Gasteiger charge is -2.08. The van der Waals surface area contributed by atoms with E-state index in [9.17, 15) is 0 Å². The molecule has 0 aliphatic heterocycles. The van der Waals surface area contributed by atoms with E-state index < -0.39 is 0 Å². The molecule has 0 bridgehead atoms. The number of halogens is 2. The Labute approximate surface area is 112 Å². The fourth-order valence-corrected chi connectivity index (χ4v) is 2.61. The summed E-state index contributed by atoms with van der Waals surface area (Å²) in [6, 6.07) is 6.17. The van der Waals surface area contributed by atoms with E-state index in [-0.39, 0.29) is 0 Å². The first-order valence-corrected chi connectivity index (χ1v) is 6.74. The van der Waals surface area contributed by atoms with Crippen molar-refractivity contribution in [1.82, 2.24) is 4.98 Å². The van der Waals surface area contributed by atoms with Gasteiger partial charge >= 0.3 is 0 Å². The van der Waals surface area contributed by atoms with Gasteiger partial charge in [0.2, 0.25) is 0 Å². The number of anilines is 1. The van der Waals surface area contributed by atoms with Crippen LogP contribution in [0.25, 0.3) is 0 Å². The third-order valence-electron chi connectivity index (χ3n) is 2.18. The smallest absolute Gasteiger partial charge is 0.183 e. The van der Waals surface area contributed by atoms with E-state index in [2.05, 4.69) is 45.3 Å². The molecule has 0 amide bonds. The predicted molar refractivity (Wildman–Crippen MR) is 73.3 cm³/mol. The van der Waals surface area contributed by atoms with E-state index in [1.165, 1.54) is 16.9 Å². The van der Waals surface area contributed by atoms with E-state index in [0.29, 0.717) is 4.47 Å². The largest absolute Gasteiger partial charge is 0.380 e. The molecule has 0 saturated carbocycles. The molecule has 0 fully saturated rings. The lowest BCUT2D eigenvalue weighted by molar-refractivity contribution is 1.16. The summed E-state index contributed by atoms with van der Waals surface area (Å²) in [6.45, 7) is 2.83. The number of hydrogen-bond acceptors (Lipinski definition) is 3. The Bertz CT molecular complexity index is 498. The molecule has 0 spiro atoms. The molecule has 1 heterocycles. The SMILES string of the molecule is Cc1ccc(Br)cc1NCc1cnc(Cl)s1. The quantitative estimate of drug-likeness (QED) is 0.903. The minimum atomic E-state index is 0.586. The summed E-state index contributed by atoms with van der Waals surface area (Å²) in [5.41, 5.74) is 2.35. The monoisotopic (exact) mass is 316 g/mol. The number of benzene rings is 1. The maximum Gasteiger partial charge on any atom is 0.183 e. The van der Waals surface area contributed by atoms with Gasteiger partial charge in [-0.25, -0.2) is 4.98 Å². The van der Waals surface area contributed by atoms with E-state index in [1.54, 1.807) is 6.20 Å². The molecule has 2 aromatic rings. The molecule has 0 saturated heterocycles. The van der Waals surface area contributed by atoms with E-state index in [4.69, 9.17) is 11.6 Å². The summed E-state index contributed by atoms with van der Waals surface area (Å²) in [5, 5.41) is 3.37. The summed E-state index contributed by atoms with van der Waals surface area (Å²) in [5.74, 6) is 0. The van der Waals surface area contributed by atoms with Gasteiger partial charge < -0.3 is 5.32 Å². The van der Waals surface area contributed by atoms with Crippen molar-refractivity contribution < 1.29 is 0 Å². The summed E-state index contributed by atoms with van der Waals surface area (Å²) >= 11 is 10.7. The Balaban J connectivity index is 2.07. The molecular formula is C11H10BrClN2S. The fourth-order valence-electron chi connectivity index (χ4n) is 1.33. The molecule has 2 rings (SSSR count). The number of hydrogen-bond donors (Lipinski definition) is 1. The van der Waals surface area contributed by atoms with Gasteiger partial charge in [-0.05, 0) is 24.6 Å². The van der Waals surface area contributed by atoms with E-state index in [1.807, 2.05) is 6.07 Å². The summed E-state index contributed by atoms with van der Waals surface area (Å²) in [4.78, 5) is 5.13. The summed E-state index contributed by atoms with van der Waals surface area (Å²) < 4.78 is 1.66. The Kier molecular flexibility index (Phi) is 3.84. The first kappa shape index (κ1) is 11.9. The van der Waals surface area contributed by atoms with Gasteiger partial charge in [-0.3, -0.25) is 0 Å². The molecule has 0 unspecified atom stereocenters. The topological polar surface area (TPSA) is 24.9 Å². The first-order chi connectivity index (χ1) is 7.65. The van der Waals surface area contributed by atoms with Crippen LogP contribution in [0.4, 0.5) is 5.69 Å². The van der Waals surface area contributed by atoms with Crippen LogP contribution >= 0.6 is 38.9 Å². The second kappa shape index (κ2) is 5.17. The zero-order valence-corrected chi connectivity index (χ0v) is 11.8. The molecular weight excluding hydrogens is 308 g/mol. The van der Waals surface area contributed by atoms with Crippen LogP contribution in [-0.4, -0.2) is 4.98 Å². The van der Waals surface area contributed by atoms with Crippen LogP contribution in [-0.2, 0) is 6.54 Å². The van der Waals surface area contributed by atoms with Crippen molar-refractivity contribution in [2.75, 3.05) is 5.32 Å². The average Bonchev–Trinajstić information content (AvgIpc) is 2.66. The number of thiazole rings is 1. The highest BCUT2D eigenvalue weighted by molar-refractivity contribution is 9.10. The highest BCUT2D eigenvalue weighted by Crippen LogP contribution is 2.23. The number of aryl methyl sites for hydroxylation is 1. The Morgan fingerprint density at radius 2 is 2.31 bits per heavy atom. The number of nitrogens with zero attached hydrogens (tertiary/aromatic N) is 1. The molecule has 16 heavy (non-hydrogen) atoms. The molecule has 0 radical (unpaired) electrons. The van der Waals surface area contributed by atoms with Crippen molar-refractivity contribution in [3.05, 3.63) is 43.8 Å². The number of rotatable bonds is 3. The minimum absolute atomic E-state index is 0.586. The second-order valence-electron chi connectivity index (χ2n) is 3.39. The van der Waals surface area contributed by atoms with E-state index in [0.717, 1.165) is 21.6 Å². The average molecular weight is 318 g/mol. The molecule has 2 nitrogen and oxygen atoms in total. The summed E-state index contributed by atoms with van der Waals surface area (Å²) in [7, 11) is 0.